The van der Waals surface area contributed by atoms with Crippen molar-refractivity contribution in [2.24, 2.45) is 0 Å². The number of pyridine rings is 2. The van der Waals surface area contributed by atoms with Crippen LogP contribution in [0.5, 0.6) is 0 Å². The second-order valence-corrected chi connectivity index (χ2v) is 4.37. The molecule has 0 bridgehead atoms. The van der Waals surface area contributed by atoms with Gasteiger partial charge in [0, 0.05) is 30.4 Å². The molecule has 0 saturated carbocycles. The van der Waals surface area contributed by atoms with Crippen LogP contribution in [-0.4, -0.2) is 19.9 Å². The van der Waals surface area contributed by atoms with Gasteiger partial charge in [0.05, 0.1) is 5.02 Å². The molecule has 0 saturated heterocycles. The first-order valence-corrected chi connectivity index (χ1v) is 6.32. The van der Waals surface area contributed by atoms with Crippen LogP contribution in [0.2, 0.25) is 5.02 Å². The maximum absolute atomic E-state index is 6.05. The average molecular weight is 284 g/mol. The standard InChI is InChI=1S/C14H10ClN5/c15-11-4-2-7-17-14(11)20-12-5-8-18-13(19-12)10-3-1-6-16-9-10/h1-9H,(H,17,18,19,20). The molecule has 0 aliphatic rings. The van der Waals surface area contributed by atoms with E-state index in [0.717, 1.165) is 5.56 Å². The van der Waals surface area contributed by atoms with Gasteiger partial charge in [0.25, 0.3) is 0 Å². The number of halogens is 1. The van der Waals surface area contributed by atoms with Gasteiger partial charge < -0.3 is 5.32 Å². The Morgan fingerprint density at radius 1 is 0.950 bits per heavy atom. The number of nitrogens with one attached hydrogen (secondary N) is 1. The lowest BCUT2D eigenvalue weighted by Gasteiger charge is -2.07. The predicted molar refractivity (Wildman–Crippen MR) is 77.8 cm³/mol. The van der Waals surface area contributed by atoms with Crippen LogP contribution in [0.15, 0.2) is 55.1 Å². The highest BCUT2D eigenvalue weighted by atomic mass is 35.5. The number of rotatable bonds is 3. The summed E-state index contributed by atoms with van der Waals surface area (Å²) in [6, 6.07) is 9.04. The molecule has 0 aliphatic heterocycles. The maximum atomic E-state index is 6.05. The summed E-state index contributed by atoms with van der Waals surface area (Å²) in [7, 11) is 0. The Morgan fingerprint density at radius 2 is 1.85 bits per heavy atom. The van der Waals surface area contributed by atoms with Gasteiger partial charge in [-0.2, -0.15) is 0 Å². The molecule has 0 radical (unpaired) electrons. The Kier molecular flexibility index (Phi) is 3.52. The van der Waals surface area contributed by atoms with Gasteiger partial charge in [-0.3, -0.25) is 4.98 Å². The van der Waals surface area contributed by atoms with Crippen LogP contribution in [0, 0.1) is 0 Å². The van der Waals surface area contributed by atoms with Gasteiger partial charge in [0.1, 0.15) is 11.6 Å². The van der Waals surface area contributed by atoms with Gasteiger partial charge in [0.15, 0.2) is 5.82 Å². The fourth-order valence-electron chi connectivity index (χ4n) is 1.66. The fraction of sp³-hybridized carbons (Fsp3) is 0. The third-order valence-electron chi connectivity index (χ3n) is 2.58. The fourth-order valence-corrected chi connectivity index (χ4v) is 1.83. The molecule has 5 nitrogen and oxygen atoms in total. The maximum Gasteiger partial charge on any atom is 0.163 e. The van der Waals surface area contributed by atoms with Crippen molar-refractivity contribution >= 4 is 23.2 Å². The molecule has 3 aromatic rings. The van der Waals surface area contributed by atoms with Crippen LogP contribution in [0.4, 0.5) is 11.6 Å². The van der Waals surface area contributed by atoms with E-state index in [0.29, 0.717) is 22.5 Å². The van der Waals surface area contributed by atoms with E-state index in [9.17, 15) is 0 Å². The quantitative estimate of drug-likeness (QED) is 0.799. The smallest absolute Gasteiger partial charge is 0.163 e. The van der Waals surface area contributed by atoms with Crippen molar-refractivity contribution < 1.29 is 0 Å². The Balaban J connectivity index is 1.91. The van der Waals surface area contributed by atoms with Gasteiger partial charge >= 0.3 is 0 Å². The number of hydrogen-bond donors (Lipinski definition) is 1. The van der Waals surface area contributed by atoms with Crippen molar-refractivity contribution in [2.45, 2.75) is 0 Å². The average Bonchev–Trinajstić information content (AvgIpc) is 2.51. The lowest BCUT2D eigenvalue weighted by Crippen LogP contribution is -1.98. The summed E-state index contributed by atoms with van der Waals surface area (Å²) < 4.78 is 0. The summed E-state index contributed by atoms with van der Waals surface area (Å²) in [4.78, 5) is 16.9. The molecule has 3 heterocycles. The molecule has 0 atom stereocenters. The molecule has 0 aliphatic carbocycles. The van der Waals surface area contributed by atoms with E-state index in [1.54, 1.807) is 43.0 Å². The number of nitrogens with zero attached hydrogens (tertiary/aromatic N) is 4. The molecular weight excluding hydrogens is 274 g/mol. The third kappa shape index (κ3) is 2.73. The molecule has 20 heavy (non-hydrogen) atoms. The van der Waals surface area contributed by atoms with Gasteiger partial charge in [-0.15, -0.1) is 0 Å². The molecule has 3 rings (SSSR count). The molecule has 98 valence electrons. The molecule has 3 aromatic heterocycles. The molecule has 0 spiro atoms. The van der Waals surface area contributed by atoms with Gasteiger partial charge in [-0.05, 0) is 30.3 Å². The van der Waals surface area contributed by atoms with Crippen molar-refractivity contribution in [1.29, 1.82) is 0 Å². The normalized spacial score (nSPS) is 10.2. The summed E-state index contributed by atoms with van der Waals surface area (Å²) in [6.45, 7) is 0. The van der Waals surface area contributed by atoms with Crippen molar-refractivity contribution in [3.8, 4) is 11.4 Å². The molecule has 0 fully saturated rings. The lowest BCUT2D eigenvalue weighted by atomic mass is 10.3. The second-order valence-electron chi connectivity index (χ2n) is 3.97. The van der Waals surface area contributed by atoms with Crippen LogP contribution < -0.4 is 5.32 Å². The van der Waals surface area contributed by atoms with Crippen LogP contribution >= 0.6 is 11.6 Å². The molecule has 0 amide bonds. The van der Waals surface area contributed by atoms with Crippen molar-refractivity contribution in [3.63, 3.8) is 0 Å². The zero-order chi connectivity index (χ0) is 13.8. The largest absolute Gasteiger partial charge is 0.324 e. The lowest BCUT2D eigenvalue weighted by molar-refractivity contribution is 1.15. The Hall–Kier alpha value is -2.53. The minimum absolute atomic E-state index is 0.536. The predicted octanol–water partition coefficient (Wildman–Crippen LogP) is 3.33. The number of aromatic nitrogens is 4. The summed E-state index contributed by atoms with van der Waals surface area (Å²) in [5.41, 5.74) is 0.850. The first-order chi connectivity index (χ1) is 9.83. The van der Waals surface area contributed by atoms with Crippen LogP contribution in [0.1, 0.15) is 0 Å². The zero-order valence-electron chi connectivity index (χ0n) is 10.4. The van der Waals surface area contributed by atoms with Gasteiger partial charge in [-0.1, -0.05) is 11.6 Å². The van der Waals surface area contributed by atoms with E-state index in [2.05, 4.69) is 25.3 Å². The highest BCUT2D eigenvalue weighted by Crippen LogP contribution is 2.22. The molecular formula is C14H10ClN5. The monoisotopic (exact) mass is 283 g/mol. The SMILES string of the molecule is Clc1cccnc1Nc1ccnc(-c2cccnc2)n1. The Labute approximate surface area is 120 Å². The summed E-state index contributed by atoms with van der Waals surface area (Å²) in [6.07, 6.45) is 6.76. The summed E-state index contributed by atoms with van der Waals surface area (Å²) in [5, 5.41) is 3.60. The van der Waals surface area contributed by atoms with E-state index in [4.69, 9.17) is 11.6 Å². The summed E-state index contributed by atoms with van der Waals surface area (Å²) >= 11 is 6.05. The van der Waals surface area contributed by atoms with Crippen molar-refractivity contribution in [2.75, 3.05) is 5.32 Å². The minimum atomic E-state index is 0.536. The molecule has 0 unspecified atom stereocenters. The topological polar surface area (TPSA) is 63.6 Å². The highest BCUT2D eigenvalue weighted by molar-refractivity contribution is 6.33. The van der Waals surface area contributed by atoms with Crippen LogP contribution in [-0.2, 0) is 0 Å². The number of anilines is 2. The Morgan fingerprint density at radius 3 is 2.65 bits per heavy atom. The third-order valence-corrected chi connectivity index (χ3v) is 2.89. The zero-order valence-corrected chi connectivity index (χ0v) is 11.1. The molecule has 0 aromatic carbocycles. The van der Waals surface area contributed by atoms with Crippen LogP contribution in [0.25, 0.3) is 11.4 Å². The van der Waals surface area contributed by atoms with E-state index >= 15 is 0 Å². The van der Waals surface area contributed by atoms with E-state index in [-0.39, 0.29) is 0 Å². The first-order valence-electron chi connectivity index (χ1n) is 5.94. The van der Waals surface area contributed by atoms with Gasteiger partial charge in [0.2, 0.25) is 0 Å². The molecule has 1 N–H and O–H groups in total. The highest BCUT2D eigenvalue weighted by Gasteiger charge is 2.05. The summed E-state index contributed by atoms with van der Waals surface area (Å²) in [5.74, 6) is 1.78. The van der Waals surface area contributed by atoms with Gasteiger partial charge in [-0.25, -0.2) is 15.0 Å². The van der Waals surface area contributed by atoms with Crippen LogP contribution in [0.3, 0.4) is 0 Å². The minimum Gasteiger partial charge on any atom is -0.324 e. The Bertz CT molecular complexity index is 718. The first kappa shape index (κ1) is 12.5. The van der Waals surface area contributed by atoms with E-state index in [1.807, 2.05) is 12.1 Å². The van der Waals surface area contributed by atoms with E-state index < -0.39 is 0 Å². The van der Waals surface area contributed by atoms with E-state index in [1.165, 1.54) is 0 Å². The second kappa shape index (κ2) is 5.63. The van der Waals surface area contributed by atoms with Crippen molar-refractivity contribution in [3.05, 3.63) is 60.1 Å². The number of hydrogen-bond acceptors (Lipinski definition) is 5. The molecule has 6 heteroatoms. The van der Waals surface area contributed by atoms with Crippen molar-refractivity contribution in [1.82, 2.24) is 19.9 Å².